The largest absolute Gasteiger partial charge is 0.494 e. The zero-order chi connectivity index (χ0) is 23.0. The van der Waals surface area contributed by atoms with Gasteiger partial charge in [0.1, 0.15) is 11.5 Å². The Labute approximate surface area is 194 Å². The lowest BCUT2D eigenvalue weighted by molar-refractivity contribution is 0.0627. The summed E-state index contributed by atoms with van der Waals surface area (Å²) in [5, 5.41) is 0. The fourth-order valence-corrected chi connectivity index (χ4v) is 3.47. The highest BCUT2D eigenvalue weighted by Crippen LogP contribution is 2.22. The molecule has 176 valence electrons. The molecule has 0 aliphatic rings. The quantitative estimate of drug-likeness (QED) is 0.151. The van der Waals surface area contributed by atoms with E-state index in [4.69, 9.17) is 14.2 Å². The number of benzene rings is 2. The SMILES string of the molecule is CCCCCCCCCCOC(C)c1ccc(OC(=O)c2ccc(OCCC)cc2)cc1. The van der Waals surface area contributed by atoms with Crippen molar-refractivity contribution in [2.75, 3.05) is 13.2 Å². The Balaban J connectivity index is 1.69. The predicted molar refractivity (Wildman–Crippen MR) is 131 cm³/mol. The van der Waals surface area contributed by atoms with E-state index in [1.807, 2.05) is 24.3 Å². The van der Waals surface area contributed by atoms with Gasteiger partial charge in [0.05, 0.1) is 18.3 Å². The third-order valence-electron chi connectivity index (χ3n) is 5.49. The van der Waals surface area contributed by atoms with Gasteiger partial charge in [0, 0.05) is 6.61 Å². The summed E-state index contributed by atoms with van der Waals surface area (Å²) < 4.78 is 17.0. The highest BCUT2D eigenvalue weighted by atomic mass is 16.5. The minimum absolute atomic E-state index is 0.0278. The van der Waals surface area contributed by atoms with E-state index >= 15 is 0 Å². The van der Waals surface area contributed by atoms with E-state index < -0.39 is 0 Å². The molecule has 0 amide bonds. The lowest BCUT2D eigenvalue weighted by Gasteiger charge is -2.14. The normalized spacial score (nSPS) is 11.8. The van der Waals surface area contributed by atoms with Crippen LogP contribution in [0.3, 0.4) is 0 Å². The van der Waals surface area contributed by atoms with Gasteiger partial charge in [0.25, 0.3) is 0 Å². The minimum Gasteiger partial charge on any atom is -0.494 e. The Morgan fingerprint density at radius 3 is 1.94 bits per heavy atom. The summed E-state index contributed by atoms with van der Waals surface area (Å²) in [7, 11) is 0. The first-order valence-electron chi connectivity index (χ1n) is 12.3. The Bertz CT molecular complexity index is 752. The molecule has 0 aliphatic carbocycles. The van der Waals surface area contributed by atoms with Gasteiger partial charge in [-0.1, -0.05) is 70.9 Å². The molecule has 1 atom stereocenters. The van der Waals surface area contributed by atoms with Crippen LogP contribution in [0.2, 0.25) is 0 Å². The second kappa shape index (κ2) is 15.5. The van der Waals surface area contributed by atoms with Gasteiger partial charge < -0.3 is 14.2 Å². The first-order chi connectivity index (χ1) is 15.6. The molecular formula is C28H40O4. The summed E-state index contributed by atoms with van der Waals surface area (Å²) in [5.41, 5.74) is 1.58. The molecule has 32 heavy (non-hydrogen) atoms. The van der Waals surface area contributed by atoms with E-state index in [9.17, 15) is 4.79 Å². The van der Waals surface area contributed by atoms with Crippen molar-refractivity contribution >= 4 is 5.97 Å². The van der Waals surface area contributed by atoms with Crippen molar-refractivity contribution in [3.05, 3.63) is 59.7 Å². The van der Waals surface area contributed by atoms with E-state index in [1.165, 1.54) is 44.9 Å². The zero-order valence-corrected chi connectivity index (χ0v) is 20.1. The van der Waals surface area contributed by atoms with Gasteiger partial charge in [0.15, 0.2) is 0 Å². The van der Waals surface area contributed by atoms with Crippen LogP contribution in [-0.4, -0.2) is 19.2 Å². The smallest absolute Gasteiger partial charge is 0.343 e. The molecule has 2 aromatic rings. The van der Waals surface area contributed by atoms with Crippen LogP contribution in [0, 0.1) is 0 Å². The number of hydrogen-bond acceptors (Lipinski definition) is 4. The molecule has 4 heteroatoms. The van der Waals surface area contributed by atoms with Gasteiger partial charge in [-0.05, 0) is 61.7 Å². The number of hydrogen-bond donors (Lipinski definition) is 0. The molecule has 0 heterocycles. The van der Waals surface area contributed by atoms with E-state index in [1.54, 1.807) is 24.3 Å². The number of unbranched alkanes of at least 4 members (excludes halogenated alkanes) is 7. The molecule has 4 nitrogen and oxygen atoms in total. The van der Waals surface area contributed by atoms with Gasteiger partial charge in [-0.15, -0.1) is 0 Å². The van der Waals surface area contributed by atoms with E-state index in [-0.39, 0.29) is 12.1 Å². The lowest BCUT2D eigenvalue weighted by atomic mass is 10.1. The monoisotopic (exact) mass is 440 g/mol. The Morgan fingerprint density at radius 2 is 1.31 bits per heavy atom. The van der Waals surface area contributed by atoms with Crippen LogP contribution in [-0.2, 0) is 4.74 Å². The topological polar surface area (TPSA) is 44.8 Å². The molecule has 0 aromatic heterocycles. The van der Waals surface area contributed by atoms with Crippen molar-refractivity contribution < 1.29 is 19.0 Å². The van der Waals surface area contributed by atoms with Gasteiger partial charge in [-0.3, -0.25) is 0 Å². The average Bonchev–Trinajstić information content (AvgIpc) is 2.82. The molecule has 0 bridgehead atoms. The van der Waals surface area contributed by atoms with Crippen molar-refractivity contribution in [2.45, 2.75) is 84.7 Å². The van der Waals surface area contributed by atoms with Crippen LogP contribution >= 0.6 is 0 Å². The van der Waals surface area contributed by atoms with Crippen molar-refractivity contribution in [1.29, 1.82) is 0 Å². The van der Waals surface area contributed by atoms with Crippen LogP contribution < -0.4 is 9.47 Å². The van der Waals surface area contributed by atoms with E-state index in [2.05, 4.69) is 20.8 Å². The third-order valence-corrected chi connectivity index (χ3v) is 5.49. The lowest BCUT2D eigenvalue weighted by Crippen LogP contribution is -2.08. The number of carbonyl (C=O) groups excluding carboxylic acids is 1. The molecule has 1 unspecified atom stereocenters. The molecule has 0 aliphatic heterocycles. The standard InChI is InChI=1S/C28H40O4/c1-4-6-7-8-9-10-11-12-22-30-23(3)24-13-19-27(20-14-24)32-28(29)25-15-17-26(18-16-25)31-21-5-2/h13-20,23H,4-12,21-22H2,1-3H3. The van der Waals surface area contributed by atoms with Gasteiger partial charge in [-0.2, -0.15) is 0 Å². The molecular weight excluding hydrogens is 400 g/mol. The first kappa shape index (κ1) is 25.9. The van der Waals surface area contributed by atoms with Crippen LogP contribution in [0.1, 0.15) is 101 Å². The second-order valence-corrected chi connectivity index (χ2v) is 8.32. The predicted octanol–water partition coefficient (Wildman–Crippen LogP) is 7.91. The first-order valence-corrected chi connectivity index (χ1v) is 12.3. The molecule has 0 fully saturated rings. The second-order valence-electron chi connectivity index (χ2n) is 8.32. The van der Waals surface area contributed by atoms with Crippen LogP contribution in [0.15, 0.2) is 48.5 Å². The fraction of sp³-hybridized carbons (Fsp3) is 0.536. The summed E-state index contributed by atoms with van der Waals surface area (Å²) >= 11 is 0. The maximum Gasteiger partial charge on any atom is 0.343 e. The summed E-state index contributed by atoms with van der Waals surface area (Å²) in [4.78, 5) is 12.4. The third kappa shape index (κ3) is 9.86. The van der Waals surface area contributed by atoms with Crippen LogP contribution in [0.5, 0.6) is 11.5 Å². The average molecular weight is 441 g/mol. The molecule has 2 aromatic carbocycles. The van der Waals surface area contributed by atoms with Gasteiger partial charge in [0.2, 0.25) is 0 Å². The van der Waals surface area contributed by atoms with Crippen molar-refractivity contribution in [3.8, 4) is 11.5 Å². The van der Waals surface area contributed by atoms with Gasteiger partial charge >= 0.3 is 5.97 Å². The summed E-state index contributed by atoms with van der Waals surface area (Å²) in [6, 6.07) is 14.6. The van der Waals surface area contributed by atoms with Crippen LogP contribution in [0.4, 0.5) is 0 Å². The Morgan fingerprint density at radius 1 is 0.719 bits per heavy atom. The highest BCUT2D eigenvalue weighted by molar-refractivity contribution is 5.91. The van der Waals surface area contributed by atoms with Crippen molar-refractivity contribution in [3.63, 3.8) is 0 Å². The van der Waals surface area contributed by atoms with Crippen LogP contribution in [0.25, 0.3) is 0 Å². The zero-order valence-electron chi connectivity index (χ0n) is 20.1. The molecule has 0 spiro atoms. The fourth-order valence-electron chi connectivity index (χ4n) is 3.47. The summed E-state index contributed by atoms with van der Waals surface area (Å²) in [6.07, 6.45) is 11.4. The number of ether oxygens (including phenoxy) is 3. The Kier molecular flexibility index (Phi) is 12.5. The van der Waals surface area contributed by atoms with Crippen molar-refractivity contribution in [1.82, 2.24) is 0 Å². The summed E-state index contributed by atoms with van der Waals surface area (Å²) in [5.74, 6) is 0.910. The van der Waals surface area contributed by atoms with E-state index in [0.717, 1.165) is 30.8 Å². The molecule has 2 rings (SSSR count). The maximum atomic E-state index is 12.4. The number of esters is 1. The van der Waals surface area contributed by atoms with Crippen molar-refractivity contribution in [2.24, 2.45) is 0 Å². The summed E-state index contributed by atoms with van der Waals surface area (Å²) in [6.45, 7) is 7.82. The van der Waals surface area contributed by atoms with E-state index in [0.29, 0.717) is 17.9 Å². The van der Waals surface area contributed by atoms with Gasteiger partial charge in [-0.25, -0.2) is 4.79 Å². The number of carbonyl (C=O) groups is 1. The maximum absolute atomic E-state index is 12.4. The number of rotatable bonds is 16. The Hall–Kier alpha value is -2.33. The molecule has 0 radical (unpaired) electrons. The highest BCUT2D eigenvalue weighted by Gasteiger charge is 2.10. The molecule has 0 N–H and O–H groups in total. The molecule has 0 saturated heterocycles. The minimum atomic E-state index is -0.376. The molecule has 0 saturated carbocycles.